The SMILES string of the molecule is CC(C)(C)C(=O)/C=C(\[O-])C(C)(C)C.CC(C)(C)C(=O)/C=C(\[O-])C(C)(C)C.CC(C)(C)C(=O)/C=C(\[O-])C(C)(C)C.CC(C)(C)C(=O)/C=C(\[O-])C(C)(C)C.CC(C)(C)C(=O)[O-].CC(C)(C)C(=O)[O-].CO.CO.[Pr+3].[Pr+3]. The van der Waals surface area contributed by atoms with Gasteiger partial charge in [-0.15, -0.1) is 23.0 Å². The quantitative estimate of drug-likeness (QED) is 0.229. The standard InChI is InChI=1S/4C11H20O2.2C5H10O2.2CH4O.2Pr/c4*1-10(2,3)8(12)7-9(13)11(4,5)6;2*1-5(2,3)4(6)7;2*1-2;;/h4*7,12H,1-6H3;2*1-3H3,(H,6,7);2*2H,1H3;;/q;;;;;;;;2*+3/p-6/b4*8-7-;;;;;;. The third-order valence-electron chi connectivity index (χ3n) is 8.19. The largest absolute Gasteiger partial charge is 3.00 e. The number of hydrogen-bond donors (Lipinski definition) is 2. The molecular weight excluding hydrogens is 1180 g/mol. The van der Waals surface area contributed by atoms with Gasteiger partial charge in [0.2, 0.25) is 0 Å². The van der Waals surface area contributed by atoms with Gasteiger partial charge in [-0.3, -0.25) is 19.2 Å². The summed E-state index contributed by atoms with van der Waals surface area (Å²) in [4.78, 5) is 65.6. The normalized spacial score (nSPS) is 12.8. The molecule has 0 unspecified atom stereocenters. The molecule has 0 spiro atoms. The van der Waals surface area contributed by atoms with E-state index >= 15 is 0 Å². The predicted molar refractivity (Wildman–Crippen MR) is 273 cm³/mol. The first kappa shape index (κ1) is 93.0. The Morgan fingerprint density at radius 2 is 0.319 bits per heavy atom. The molecular formula is C56H102O14Pr2. The maximum atomic E-state index is 11.4. The molecule has 0 aliphatic carbocycles. The molecule has 0 aliphatic rings. The first-order valence-electron chi connectivity index (χ1n) is 23.2. The number of ketones is 4. The molecule has 0 fully saturated rings. The zero-order valence-electron chi connectivity index (χ0n) is 51.3. The van der Waals surface area contributed by atoms with Crippen LogP contribution in [0.15, 0.2) is 47.3 Å². The number of aliphatic carboxylic acids is 2. The van der Waals surface area contributed by atoms with Gasteiger partial charge < -0.3 is 50.4 Å². The van der Waals surface area contributed by atoms with Crippen LogP contribution in [0.25, 0.3) is 0 Å². The molecule has 0 atom stereocenters. The van der Waals surface area contributed by atoms with E-state index in [-0.39, 0.29) is 129 Å². The second-order valence-electron chi connectivity index (χ2n) is 26.6. The maximum Gasteiger partial charge on any atom is 3.00 e. The summed E-state index contributed by atoms with van der Waals surface area (Å²) >= 11 is 0. The van der Waals surface area contributed by atoms with Crippen LogP contribution in [0.5, 0.6) is 0 Å². The Kier molecular flexibility index (Phi) is 49.1. The van der Waals surface area contributed by atoms with Crippen LogP contribution in [0.4, 0.5) is 0 Å². The fourth-order valence-electron chi connectivity index (χ4n) is 2.21. The Hall–Kier alpha value is -1.57. The summed E-state index contributed by atoms with van der Waals surface area (Å²) in [7, 11) is 2.00. The van der Waals surface area contributed by atoms with Crippen molar-refractivity contribution in [2.24, 2.45) is 54.1 Å². The van der Waals surface area contributed by atoms with Crippen LogP contribution >= 0.6 is 0 Å². The first-order chi connectivity index (χ1) is 30.1. The molecule has 416 valence electrons. The number of carbonyl (C=O) groups is 6. The van der Waals surface area contributed by atoms with Gasteiger partial charge in [0.15, 0.2) is 23.1 Å². The molecule has 0 aromatic carbocycles. The summed E-state index contributed by atoms with van der Waals surface area (Å²) < 4.78 is 0. The molecule has 16 heteroatoms. The summed E-state index contributed by atoms with van der Waals surface area (Å²) in [6.45, 7) is 53.0. The summed E-state index contributed by atoms with van der Waals surface area (Å²) in [5.74, 6) is -2.85. The third kappa shape index (κ3) is 56.2. The van der Waals surface area contributed by atoms with Crippen molar-refractivity contribution in [2.45, 2.75) is 208 Å². The minimum atomic E-state index is -1.01. The Labute approximate surface area is 505 Å². The van der Waals surface area contributed by atoms with E-state index in [2.05, 4.69) is 0 Å². The van der Waals surface area contributed by atoms with Gasteiger partial charge in [0.05, 0.1) is 0 Å². The predicted octanol–water partition coefficient (Wildman–Crippen LogP) is 6.35. The zero-order valence-corrected chi connectivity index (χ0v) is 58.7. The molecule has 72 heavy (non-hydrogen) atoms. The minimum absolute atomic E-state index is 0. The Balaban J connectivity index is -0.0000000796. The monoisotopic (exact) mass is 1280 g/mol. The van der Waals surface area contributed by atoms with Crippen molar-refractivity contribution in [2.75, 3.05) is 14.2 Å². The molecule has 2 N–H and O–H groups in total. The van der Waals surface area contributed by atoms with Crippen LogP contribution in [0.3, 0.4) is 0 Å². The summed E-state index contributed by atoms with van der Waals surface area (Å²) in [6, 6.07) is 0. The van der Waals surface area contributed by atoms with E-state index in [1.54, 1.807) is 41.5 Å². The Bertz CT molecular complexity index is 1480. The number of rotatable bonds is 4. The van der Waals surface area contributed by atoms with Gasteiger partial charge in [-0.25, -0.2) is 0 Å². The van der Waals surface area contributed by atoms with E-state index in [1.807, 2.05) is 166 Å². The van der Waals surface area contributed by atoms with Gasteiger partial charge >= 0.3 is 82.6 Å². The average molecular weight is 1280 g/mol. The van der Waals surface area contributed by atoms with Crippen molar-refractivity contribution in [1.29, 1.82) is 0 Å². The zero-order chi connectivity index (χ0) is 59.6. The average Bonchev–Trinajstić information content (AvgIpc) is 3.10. The van der Waals surface area contributed by atoms with Crippen molar-refractivity contribution in [1.82, 2.24) is 0 Å². The fraction of sp³-hybridized carbons (Fsp3) is 0.750. The molecule has 14 nitrogen and oxygen atoms in total. The van der Waals surface area contributed by atoms with E-state index in [1.165, 1.54) is 24.3 Å². The molecule has 0 saturated heterocycles. The first-order valence-corrected chi connectivity index (χ1v) is 23.2. The van der Waals surface area contributed by atoms with E-state index < -0.39 is 66.1 Å². The van der Waals surface area contributed by atoms with Crippen LogP contribution in [0.1, 0.15) is 208 Å². The Morgan fingerprint density at radius 1 is 0.236 bits per heavy atom. The molecule has 0 heterocycles. The molecule has 0 aromatic heterocycles. The number of carboxylic acids is 2. The molecule has 0 saturated carbocycles. The molecule has 0 rings (SSSR count). The fourth-order valence-corrected chi connectivity index (χ4v) is 2.21. The molecule has 0 radical (unpaired) electrons. The van der Waals surface area contributed by atoms with Gasteiger partial charge in [0.25, 0.3) is 0 Å². The number of aliphatic hydroxyl groups is 2. The van der Waals surface area contributed by atoms with E-state index in [0.29, 0.717) is 0 Å². The third-order valence-corrected chi connectivity index (χ3v) is 8.19. The van der Waals surface area contributed by atoms with Crippen LogP contribution < -0.4 is 30.6 Å². The molecule has 0 aliphatic heterocycles. The van der Waals surface area contributed by atoms with Crippen LogP contribution in [0.2, 0.25) is 0 Å². The van der Waals surface area contributed by atoms with Gasteiger partial charge in [0, 0.05) is 58.6 Å². The topological polar surface area (TPSA) is 281 Å². The van der Waals surface area contributed by atoms with E-state index in [9.17, 15) is 59.4 Å². The Morgan fingerprint density at radius 3 is 0.361 bits per heavy atom. The van der Waals surface area contributed by atoms with Crippen molar-refractivity contribution in [3.05, 3.63) is 47.3 Å². The van der Waals surface area contributed by atoms with Gasteiger partial charge in [-0.1, -0.05) is 208 Å². The molecule has 0 bridgehead atoms. The summed E-state index contributed by atoms with van der Waals surface area (Å²) in [5, 5.41) is 79.6. The second-order valence-corrected chi connectivity index (χ2v) is 26.6. The van der Waals surface area contributed by atoms with Crippen molar-refractivity contribution in [3.63, 3.8) is 0 Å². The number of aliphatic hydroxyl groups excluding tert-OH is 2. The minimum Gasteiger partial charge on any atom is -0.875 e. The van der Waals surface area contributed by atoms with E-state index in [4.69, 9.17) is 10.2 Å². The second kappa shape index (κ2) is 38.1. The summed E-state index contributed by atoms with van der Waals surface area (Å²) in [5.41, 5.74) is -5.05. The molecule has 0 amide bonds. The van der Waals surface area contributed by atoms with Crippen LogP contribution in [-0.4, -0.2) is 59.5 Å². The smallest absolute Gasteiger partial charge is 0.875 e. The van der Waals surface area contributed by atoms with Crippen molar-refractivity contribution >= 4 is 35.1 Å². The van der Waals surface area contributed by atoms with Gasteiger partial charge in [0.1, 0.15) is 0 Å². The van der Waals surface area contributed by atoms with Crippen LogP contribution in [-0.2, 0) is 28.8 Å². The van der Waals surface area contributed by atoms with E-state index in [0.717, 1.165) is 14.2 Å². The molecule has 0 aromatic rings. The van der Waals surface area contributed by atoms with Crippen LogP contribution in [0, 0.1) is 137 Å². The number of carbonyl (C=O) groups excluding carboxylic acids is 6. The van der Waals surface area contributed by atoms with Gasteiger partial charge in [-0.2, -0.15) is 0 Å². The van der Waals surface area contributed by atoms with Gasteiger partial charge in [-0.05, 0) is 46.0 Å². The van der Waals surface area contributed by atoms with Crippen molar-refractivity contribution < 1.29 is 152 Å². The number of allylic oxidation sites excluding steroid dienone is 8. The number of hydrogen-bond acceptors (Lipinski definition) is 14. The number of carboxylic acid groups (broad SMARTS) is 2. The maximum absolute atomic E-state index is 11.4. The summed E-state index contributed by atoms with van der Waals surface area (Å²) in [6.07, 6.45) is 4.89. The van der Waals surface area contributed by atoms with Crippen molar-refractivity contribution in [3.8, 4) is 0 Å².